The Morgan fingerprint density at radius 1 is 1.11 bits per heavy atom. The van der Waals surface area contributed by atoms with Gasteiger partial charge in [0.05, 0.1) is 18.6 Å². The average molecular weight is 376 g/mol. The van der Waals surface area contributed by atoms with Gasteiger partial charge in [-0.1, -0.05) is 48.5 Å². The molecule has 3 aromatic rings. The predicted octanol–water partition coefficient (Wildman–Crippen LogP) is 5.31. The fourth-order valence-corrected chi connectivity index (χ4v) is 3.77. The molecule has 2 aromatic carbocycles. The van der Waals surface area contributed by atoms with Crippen LogP contribution in [0.3, 0.4) is 0 Å². The van der Waals surface area contributed by atoms with Gasteiger partial charge in [0, 0.05) is 10.4 Å². The number of nitriles is 1. The van der Waals surface area contributed by atoms with Crippen molar-refractivity contribution in [2.45, 2.75) is 20.3 Å². The van der Waals surface area contributed by atoms with Crippen LogP contribution in [0, 0.1) is 25.2 Å². The highest BCUT2D eigenvalue weighted by molar-refractivity contribution is 7.16. The number of ether oxygens (including phenoxy) is 1. The van der Waals surface area contributed by atoms with Crippen molar-refractivity contribution in [2.75, 3.05) is 11.9 Å². The van der Waals surface area contributed by atoms with E-state index in [1.807, 2.05) is 68.4 Å². The highest BCUT2D eigenvalue weighted by Crippen LogP contribution is 2.32. The van der Waals surface area contributed by atoms with E-state index in [-0.39, 0.29) is 18.9 Å². The van der Waals surface area contributed by atoms with Crippen LogP contribution in [-0.2, 0) is 4.79 Å². The molecular formula is C22H20N2O2S. The topological polar surface area (TPSA) is 62.1 Å². The van der Waals surface area contributed by atoms with Crippen LogP contribution in [0.5, 0.6) is 5.75 Å². The number of rotatable bonds is 6. The summed E-state index contributed by atoms with van der Waals surface area (Å²) in [7, 11) is 0. The fourth-order valence-electron chi connectivity index (χ4n) is 2.74. The van der Waals surface area contributed by atoms with Crippen molar-refractivity contribution >= 4 is 22.2 Å². The molecule has 0 radical (unpaired) electrons. The van der Waals surface area contributed by atoms with Gasteiger partial charge >= 0.3 is 0 Å². The van der Waals surface area contributed by atoms with Gasteiger partial charge in [-0.25, -0.2) is 0 Å². The number of carbonyl (C=O) groups is 1. The lowest BCUT2D eigenvalue weighted by molar-refractivity contribution is -0.116. The van der Waals surface area contributed by atoms with Crippen molar-refractivity contribution in [2.24, 2.45) is 0 Å². The summed E-state index contributed by atoms with van der Waals surface area (Å²) in [6, 6.07) is 19.9. The molecule has 0 aliphatic carbocycles. The molecule has 4 nitrogen and oxygen atoms in total. The summed E-state index contributed by atoms with van der Waals surface area (Å²) >= 11 is 1.43. The van der Waals surface area contributed by atoms with Crippen LogP contribution in [-0.4, -0.2) is 12.5 Å². The maximum atomic E-state index is 12.3. The number of hydrogen-bond donors (Lipinski definition) is 1. The Morgan fingerprint density at radius 2 is 1.81 bits per heavy atom. The number of benzene rings is 2. The molecule has 0 bridgehead atoms. The molecule has 0 saturated heterocycles. The average Bonchev–Trinajstić information content (AvgIpc) is 2.95. The summed E-state index contributed by atoms with van der Waals surface area (Å²) in [6.07, 6.45) is 0.212. The normalized spacial score (nSPS) is 10.3. The zero-order valence-corrected chi connectivity index (χ0v) is 16.1. The lowest BCUT2D eigenvalue weighted by atomic mass is 10.1. The number of carbonyl (C=O) groups excluding carboxylic acids is 1. The summed E-state index contributed by atoms with van der Waals surface area (Å²) in [5, 5.41) is 12.7. The molecule has 3 rings (SSSR count). The molecule has 1 aromatic heterocycles. The Morgan fingerprint density at radius 3 is 2.56 bits per heavy atom. The third kappa shape index (κ3) is 4.36. The quantitative estimate of drug-likeness (QED) is 0.634. The number of para-hydroxylation sites is 1. The van der Waals surface area contributed by atoms with Crippen LogP contribution in [0.25, 0.3) is 11.1 Å². The monoisotopic (exact) mass is 376 g/mol. The van der Waals surface area contributed by atoms with Crippen molar-refractivity contribution in [1.29, 1.82) is 5.26 Å². The SMILES string of the molecule is Cc1sc(NC(=O)CCOc2ccccc2-c2ccccc2)c(C#N)c1C. The zero-order valence-electron chi connectivity index (χ0n) is 15.3. The number of anilines is 1. The van der Waals surface area contributed by atoms with Crippen LogP contribution in [0.2, 0.25) is 0 Å². The molecule has 0 aliphatic rings. The Bertz CT molecular complexity index is 987. The van der Waals surface area contributed by atoms with Crippen molar-refractivity contribution in [3.8, 4) is 22.9 Å². The standard InChI is InChI=1S/C22H20N2O2S/c1-15-16(2)27-22(19(15)14-23)24-21(25)12-13-26-20-11-7-6-10-18(20)17-8-4-3-5-9-17/h3-11H,12-13H2,1-2H3,(H,24,25). The van der Waals surface area contributed by atoms with Gasteiger partial charge in [-0.05, 0) is 31.0 Å². The second-order valence-corrected chi connectivity index (χ2v) is 7.33. The van der Waals surface area contributed by atoms with Crippen molar-refractivity contribution in [3.63, 3.8) is 0 Å². The van der Waals surface area contributed by atoms with Crippen molar-refractivity contribution < 1.29 is 9.53 Å². The molecule has 0 saturated carbocycles. The Kier molecular flexibility index (Phi) is 5.90. The molecule has 0 fully saturated rings. The van der Waals surface area contributed by atoms with E-state index in [0.29, 0.717) is 10.6 Å². The molecule has 0 aliphatic heterocycles. The largest absolute Gasteiger partial charge is 0.492 e. The van der Waals surface area contributed by atoms with Gasteiger partial charge in [0.25, 0.3) is 0 Å². The van der Waals surface area contributed by atoms with Crippen LogP contribution in [0.4, 0.5) is 5.00 Å². The van der Waals surface area contributed by atoms with Crippen LogP contribution >= 0.6 is 11.3 Å². The number of aryl methyl sites for hydroxylation is 1. The Balaban J connectivity index is 1.62. The van der Waals surface area contributed by atoms with Gasteiger partial charge < -0.3 is 10.1 Å². The maximum absolute atomic E-state index is 12.3. The summed E-state index contributed by atoms with van der Waals surface area (Å²) in [5.41, 5.74) is 3.53. The third-order valence-electron chi connectivity index (χ3n) is 4.31. The molecule has 0 unspecified atom stereocenters. The minimum Gasteiger partial charge on any atom is -0.492 e. The molecule has 0 atom stereocenters. The molecule has 0 spiro atoms. The van der Waals surface area contributed by atoms with Gasteiger partial charge in [0.15, 0.2) is 0 Å². The predicted molar refractivity (Wildman–Crippen MR) is 109 cm³/mol. The first-order valence-corrected chi connectivity index (χ1v) is 9.49. The number of nitrogens with zero attached hydrogens (tertiary/aromatic N) is 1. The lowest BCUT2D eigenvalue weighted by Gasteiger charge is -2.11. The first kappa shape index (κ1) is 18.7. The zero-order chi connectivity index (χ0) is 19.2. The third-order valence-corrected chi connectivity index (χ3v) is 5.43. The maximum Gasteiger partial charge on any atom is 0.228 e. The highest BCUT2D eigenvalue weighted by Gasteiger charge is 2.14. The van der Waals surface area contributed by atoms with Crippen LogP contribution < -0.4 is 10.1 Å². The first-order valence-electron chi connectivity index (χ1n) is 8.67. The van der Waals surface area contributed by atoms with E-state index in [9.17, 15) is 10.1 Å². The summed E-state index contributed by atoms with van der Waals surface area (Å²) in [4.78, 5) is 13.3. The molecular weight excluding hydrogens is 356 g/mol. The van der Waals surface area contributed by atoms with Gasteiger partial charge in [0.2, 0.25) is 5.91 Å². The van der Waals surface area contributed by atoms with Gasteiger partial charge in [-0.3, -0.25) is 4.79 Å². The smallest absolute Gasteiger partial charge is 0.228 e. The number of nitrogens with one attached hydrogen (secondary N) is 1. The minimum absolute atomic E-state index is 0.162. The van der Waals surface area contributed by atoms with Gasteiger partial charge in [-0.15, -0.1) is 11.3 Å². The molecule has 1 N–H and O–H groups in total. The second kappa shape index (κ2) is 8.52. The number of hydrogen-bond acceptors (Lipinski definition) is 4. The number of amides is 1. The van der Waals surface area contributed by atoms with Crippen molar-refractivity contribution in [3.05, 3.63) is 70.6 Å². The van der Waals surface area contributed by atoms with E-state index < -0.39 is 0 Å². The van der Waals surface area contributed by atoms with Gasteiger partial charge in [0.1, 0.15) is 16.8 Å². The molecule has 1 heterocycles. The fraction of sp³-hybridized carbons (Fsp3) is 0.182. The summed E-state index contributed by atoms with van der Waals surface area (Å²) in [5.74, 6) is 0.585. The molecule has 27 heavy (non-hydrogen) atoms. The Hall–Kier alpha value is -3.10. The Labute approximate surface area is 163 Å². The molecule has 5 heteroatoms. The molecule has 1 amide bonds. The van der Waals surface area contributed by atoms with Crippen LogP contribution in [0.15, 0.2) is 54.6 Å². The second-order valence-electron chi connectivity index (χ2n) is 6.11. The minimum atomic E-state index is -0.162. The van der Waals surface area contributed by atoms with E-state index >= 15 is 0 Å². The lowest BCUT2D eigenvalue weighted by Crippen LogP contribution is -2.15. The van der Waals surface area contributed by atoms with E-state index in [1.54, 1.807) is 0 Å². The molecule has 136 valence electrons. The highest BCUT2D eigenvalue weighted by atomic mass is 32.1. The van der Waals surface area contributed by atoms with E-state index in [0.717, 1.165) is 27.3 Å². The number of thiophene rings is 1. The summed E-state index contributed by atoms with van der Waals surface area (Å²) < 4.78 is 5.86. The van der Waals surface area contributed by atoms with Gasteiger partial charge in [-0.2, -0.15) is 5.26 Å². The van der Waals surface area contributed by atoms with E-state index in [1.165, 1.54) is 11.3 Å². The van der Waals surface area contributed by atoms with Crippen molar-refractivity contribution in [1.82, 2.24) is 0 Å². The van der Waals surface area contributed by atoms with E-state index in [4.69, 9.17) is 4.74 Å². The van der Waals surface area contributed by atoms with Crippen LogP contribution in [0.1, 0.15) is 22.4 Å². The first-order chi connectivity index (χ1) is 13.1. The summed E-state index contributed by atoms with van der Waals surface area (Å²) in [6.45, 7) is 4.10. The van der Waals surface area contributed by atoms with E-state index in [2.05, 4.69) is 11.4 Å².